The summed E-state index contributed by atoms with van der Waals surface area (Å²) in [6.07, 6.45) is 0.770. The van der Waals surface area contributed by atoms with Crippen molar-refractivity contribution >= 4 is 17.4 Å². The first-order valence-corrected chi connectivity index (χ1v) is 7.75. The van der Waals surface area contributed by atoms with Gasteiger partial charge in [-0.2, -0.15) is 11.8 Å². The SMILES string of the molecule is CC(O)c1ccccc1NC1CSCC(C)(C)C1. The van der Waals surface area contributed by atoms with Gasteiger partial charge >= 0.3 is 0 Å². The molecule has 1 aromatic rings. The third-order valence-electron chi connectivity index (χ3n) is 3.38. The molecule has 2 rings (SSSR count). The zero-order valence-corrected chi connectivity index (χ0v) is 12.3. The van der Waals surface area contributed by atoms with Crippen LogP contribution in [0.1, 0.15) is 38.9 Å². The number of rotatable bonds is 3. The van der Waals surface area contributed by atoms with Crippen molar-refractivity contribution in [3.8, 4) is 0 Å². The number of benzene rings is 1. The van der Waals surface area contributed by atoms with Crippen molar-refractivity contribution in [2.45, 2.75) is 39.3 Å². The number of hydrogen-bond acceptors (Lipinski definition) is 3. The summed E-state index contributed by atoms with van der Waals surface area (Å²) in [5.41, 5.74) is 2.47. The smallest absolute Gasteiger partial charge is 0.0781 e. The second-order valence-electron chi connectivity index (χ2n) is 5.99. The molecule has 2 atom stereocenters. The predicted octanol–water partition coefficient (Wildman–Crippen LogP) is 3.68. The van der Waals surface area contributed by atoms with Gasteiger partial charge in [0.05, 0.1) is 6.10 Å². The molecule has 0 radical (unpaired) electrons. The van der Waals surface area contributed by atoms with Crippen molar-refractivity contribution in [2.75, 3.05) is 16.8 Å². The summed E-state index contributed by atoms with van der Waals surface area (Å²) in [5, 5.41) is 13.4. The Morgan fingerprint density at radius 2 is 2.11 bits per heavy atom. The van der Waals surface area contributed by atoms with Crippen LogP contribution in [0.25, 0.3) is 0 Å². The molecule has 0 spiro atoms. The van der Waals surface area contributed by atoms with Crippen LogP contribution in [0.4, 0.5) is 5.69 Å². The van der Waals surface area contributed by atoms with Crippen molar-refractivity contribution in [3.05, 3.63) is 29.8 Å². The van der Waals surface area contributed by atoms with Crippen molar-refractivity contribution in [2.24, 2.45) is 5.41 Å². The van der Waals surface area contributed by atoms with Crippen LogP contribution >= 0.6 is 11.8 Å². The highest BCUT2D eigenvalue weighted by Crippen LogP contribution is 2.35. The molecule has 1 aliphatic heterocycles. The minimum atomic E-state index is -0.419. The summed E-state index contributed by atoms with van der Waals surface area (Å²) in [6, 6.07) is 8.56. The van der Waals surface area contributed by atoms with Crippen molar-refractivity contribution in [1.82, 2.24) is 0 Å². The van der Waals surface area contributed by atoms with Gasteiger partial charge < -0.3 is 10.4 Å². The van der Waals surface area contributed by atoms with Gasteiger partial charge in [0.2, 0.25) is 0 Å². The third-order valence-corrected chi connectivity index (χ3v) is 5.00. The third kappa shape index (κ3) is 3.42. The van der Waals surface area contributed by atoms with Crippen LogP contribution in [-0.2, 0) is 0 Å². The summed E-state index contributed by atoms with van der Waals surface area (Å²) in [5.74, 6) is 2.39. The Bertz CT molecular complexity index is 403. The van der Waals surface area contributed by atoms with Gasteiger partial charge in [-0.05, 0) is 30.6 Å². The van der Waals surface area contributed by atoms with E-state index >= 15 is 0 Å². The molecule has 2 N–H and O–H groups in total. The maximum Gasteiger partial charge on any atom is 0.0781 e. The lowest BCUT2D eigenvalue weighted by molar-refractivity contribution is 0.200. The van der Waals surface area contributed by atoms with E-state index in [2.05, 4.69) is 25.2 Å². The number of thioether (sulfide) groups is 1. The first-order valence-electron chi connectivity index (χ1n) is 6.59. The first kappa shape index (κ1) is 13.8. The molecular formula is C15H23NOS. The number of aliphatic hydroxyl groups is 1. The van der Waals surface area contributed by atoms with Crippen LogP contribution in [0.15, 0.2) is 24.3 Å². The standard InChI is InChI=1S/C15H23NOS/c1-11(17)13-6-4-5-7-14(13)16-12-8-15(2,3)10-18-9-12/h4-7,11-12,16-17H,8-10H2,1-3H3. The average Bonchev–Trinajstić information content (AvgIpc) is 2.28. The molecule has 0 saturated carbocycles. The molecule has 1 heterocycles. The molecule has 100 valence electrons. The van der Waals surface area contributed by atoms with Gasteiger partial charge in [-0.25, -0.2) is 0 Å². The minimum absolute atomic E-state index is 0.403. The topological polar surface area (TPSA) is 32.3 Å². The number of nitrogens with one attached hydrogen (secondary N) is 1. The zero-order valence-electron chi connectivity index (χ0n) is 11.4. The van der Waals surface area contributed by atoms with Crippen LogP contribution < -0.4 is 5.32 Å². The quantitative estimate of drug-likeness (QED) is 0.874. The van der Waals surface area contributed by atoms with Gasteiger partial charge in [-0.3, -0.25) is 0 Å². The molecule has 0 aliphatic carbocycles. The molecule has 1 aromatic carbocycles. The molecule has 2 nitrogen and oxygen atoms in total. The minimum Gasteiger partial charge on any atom is -0.389 e. The molecule has 1 fully saturated rings. The summed E-state index contributed by atoms with van der Waals surface area (Å²) < 4.78 is 0. The predicted molar refractivity (Wildman–Crippen MR) is 80.2 cm³/mol. The second kappa shape index (κ2) is 5.54. The Morgan fingerprint density at radius 3 is 2.78 bits per heavy atom. The van der Waals surface area contributed by atoms with Crippen molar-refractivity contribution < 1.29 is 5.11 Å². The number of para-hydroxylation sites is 1. The van der Waals surface area contributed by atoms with Gasteiger partial charge in [-0.15, -0.1) is 0 Å². The molecule has 1 saturated heterocycles. The molecule has 3 heteroatoms. The Morgan fingerprint density at radius 1 is 1.39 bits per heavy atom. The lowest BCUT2D eigenvalue weighted by atomic mass is 9.87. The fraction of sp³-hybridized carbons (Fsp3) is 0.600. The Kier molecular flexibility index (Phi) is 4.23. The molecular weight excluding hydrogens is 242 g/mol. The highest BCUT2D eigenvalue weighted by molar-refractivity contribution is 7.99. The number of anilines is 1. The highest BCUT2D eigenvalue weighted by atomic mass is 32.2. The molecule has 2 unspecified atom stereocenters. The van der Waals surface area contributed by atoms with E-state index < -0.39 is 6.10 Å². The summed E-state index contributed by atoms with van der Waals surface area (Å²) in [4.78, 5) is 0. The number of hydrogen-bond donors (Lipinski definition) is 2. The van der Waals surface area contributed by atoms with Crippen LogP contribution in [0.5, 0.6) is 0 Å². The maximum absolute atomic E-state index is 9.79. The van der Waals surface area contributed by atoms with Gasteiger partial charge in [0.15, 0.2) is 0 Å². The maximum atomic E-state index is 9.79. The van der Waals surface area contributed by atoms with E-state index in [9.17, 15) is 5.11 Å². The monoisotopic (exact) mass is 265 g/mol. The van der Waals surface area contributed by atoms with Crippen LogP contribution in [0, 0.1) is 5.41 Å². The van der Waals surface area contributed by atoms with E-state index in [1.807, 2.05) is 36.9 Å². The molecule has 0 amide bonds. The Balaban J connectivity index is 2.09. The van der Waals surface area contributed by atoms with Gasteiger partial charge in [0.25, 0.3) is 0 Å². The zero-order chi connectivity index (χ0) is 13.2. The largest absolute Gasteiger partial charge is 0.389 e. The normalized spacial score (nSPS) is 24.6. The Labute approximate surface area is 114 Å². The molecule has 18 heavy (non-hydrogen) atoms. The van der Waals surface area contributed by atoms with Gasteiger partial charge in [0, 0.05) is 23.0 Å². The van der Waals surface area contributed by atoms with Crippen LogP contribution in [0.3, 0.4) is 0 Å². The van der Waals surface area contributed by atoms with Crippen molar-refractivity contribution in [1.29, 1.82) is 0 Å². The van der Waals surface area contributed by atoms with Crippen LogP contribution in [0.2, 0.25) is 0 Å². The summed E-state index contributed by atoms with van der Waals surface area (Å²) >= 11 is 2.02. The lowest BCUT2D eigenvalue weighted by Crippen LogP contribution is -2.35. The fourth-order valence-electron chi connectivity index (χ4n) is 2.57. The average molecular weight is 265 g/mol. The van der Waals surface area contributed by atoms with E-state index in [-0.39, 0.29) is 0 Å². The van der Waals surface area contributed by atoms with E-state index in [1.165, 1.54) is 12.2 Å². The summed E-state index contributed by atoms with van der Waals surface area (Å²) in [6.45, 7) is 6.48. The Hall–Kier alpha value is -0.670. The molecule has 0 bridgehead atoms. The van der Waals surface area contributed by atoms with E-state index in [4.69, 9.17) is 0 Å². The van der Waals surface area contributed by atoms with Crippen LogP contribution in [-0.4, -0.2) is 22.7 Å². The first-order chi connectivity index (χ1) is 8.48. The number of aliphatic hydroxyl groups excluding tert-OH is 1. The lowest BCUT2D eigenvalue weighted by Gasteiger charge is -2.36. The van der Waals surface area contributed by atoms with Crippen molar-refractivity contribution in [3.63, 3.8) is 0 Å². The van der Waals surface area contributed by atoms with Gasteiger partial charge in [0.1, 0.15) is 0 Å². The highest BCUT2D eigenvalue weighted by Gasteiger charge is 2.28. The molecule has 1 aliphatic rings. The fourth-order valence-corrected chi connectivity index (χ4v) is 3.84. The van der Waals surface area contributed by atoms with E-state index in [1.54, 1.807) is 0 Å². The van der Waals surface area contributed by atoms with Gasteiger partial charge in [-0.1, -0.05) is 32.0 Å². The second-order valence-corrected chi connectivity index (χ2v) is 7.02. The molecule has 0 aromatic heterocycles. The summed E-state index contributed by atoms with van der Waals surface area (Å²) in [7, 11) is 0. The van der Waals surface area contributed by atoms with E-state index in [0.717, 1.165) is 17.0 Å². The van der Waals surface area contributed by atoms with E-state index in [0.29, 0.717) is 11.5 Å².